The van der Waals surface area contributed by atoms with Crippen LogP contribution in [0.2, 0.25) is 0 Å². The van der Waals surface area contributed by atoms with E-state index in [1.165, 1.54) is 0 Å². The van der Waals surface area contributed by atoms with E-state index >= 15 is 0 Å². The molecule has 7 nitrogen and oxygen atoms in total. The second-order valence-corrected chi connectivity index (χ2v) is 6.68. The molecule has 7 heteroatoms. The number of benzene rings is 1. The number of ether oxygens (including phenoxy) is 1. The number of carbonyl (C=O) groups excluding carboxylic acids is 2. The van der Waals surface area contributed by atoms with Crippen LogP contribution in [0.25, 0.3) is 6.08 Å². The highest BCUT2D eigenvalue weighted by molar-refractivity contribution is 5.91. The van der Waals surface area contributed by atoms with Crippen LogP contribution in [0.4, 0.5) is 10.5 Å². The van der Waals surface area contributed by atoms with Crippen LogP contribution < -0.4 is 15.4 Å². The summed E-state index contributed by atoms with van der Waals surface area (Å²) in [6.07, 6.45) is 6.53. The van der Waals surface area contributed by atoms with Crippen molar-refractivity contribution in [1.29, 1.82) is 0 Å². The lowest BCUT2D eigenvalue weighted by molar-refractivity contribution is -0.127. The second-order valence-electron chi connectivity index (χ2n) is 6.68. The van der Waals surface area contributed by atoms with E-state index in [-0.39, 0.29) is 11.9 Å². The van der Waals surface area contributed by atoms with E-state index in [0.29, 0.717) is 37.0 Å². The van der Waals surface area contributed by atoms with Crippen LogP contribution in [-0.2, 0) is 4.79 Å². The number of hydrogen-bond donors (Lipinski definition) is 2. The van der Waals surface area contributed by atoms with Gasteiger partial charge in [0, 0.05) is 31.4 Å². The van der Waals surface area contributed by atoms with Crippen LogP contribution in [0.3, 0.4) is 0 Å². The number of anilines is 1. The fourth-order valence-electron chi connectivity index (χ4n) is 3.09. The minimum Gasteiger partial charge on any atom is -0.497 e. The molecule has 3 amide bonds. The number of nitrogens with one attached hydrogen (secondary N) is 2. The van der Waals surface area contributed by atoms with Gasteiger partial charge in [-0.1, -0.05) is 0 Å². The molecule has 1 saturated heterocycles. The molecule has 28 heavy (non-hydrogen) atoms. The Bertz CT molecular complexity index is 792. The van der Waals surface area contributed by atoms with Crippen LogP contribution in [0, 0.1) is 5.92 Å². The lowest BCUT2D eigenvalue weighted by Gasteiger charge is -2.31. The number of furan rings is 1. The van der Waals surface area contributed by atoms with Gasteiger partial charge in [0.15, 0.2) is 0 Å². The van der Waals surface area contributed by atoms with E-state index in [0.717, 1.165) is 18.6 Å². The Balaban J connectivity index is 1.36. The number of hydrogen-bond acceptors (Lipinski definition) is 4. The van der Waals surface area contributed by atoms with Crippen molar-refractivity contribution in [1.82, 2.24) is 10.2 Å². The molecule has 1 aliphatic rings. The predicted molar refractivity (Wildman–Crippen MR) is 107 cm³/mol. The molecule has 0 bridgehead atoms. The molecule has 2 aromatic rings. The average Bonchev–Trinajstić information content (AvgIpc) is 3.25. The summed E-state index contributed by atoms with van der Waals surface area (Å²) in [6, 6.07) is 10.5. The van der Waals surface area contributed by atoms with E-state index in [2.05, 4.69) is 10.6 Å². The largest absolute Gasteiger partial charge is 0.497 e. The zero-order valence-corrected chi connectivity index (χ0v) is 15.9. The molecule has 1 aliphatic heterocycles. The maximum absolute atomic E-state index is 12.2. The molecule has 1 aromatic heterocycles. The molecule has 0 aliphatic carbocycles. The predicted octanol–water partition coefficient (Wildman–Crippen LogP) is 3.36. The van der Waals surface area contributed by atoms with E-state index in [1.54, 1.807) is 61.9 Å². The van der Waals surface area contributed by atoms with Crippen LogP contribution in [0.1, 0.15) is 18.6 Å². The van der Waals surface area contributed by atoms with Gasteiger partial charge in [-0.3, -0.25) is 4.79 Å². The molecule has 2 heterocycles. The third-order valence-electron chi connectivity index (χ3n) is 4.76. The quantitative estimate of drug-likeness (QED) is 0.749. The first-order valence-electron chi connectivity index (χ1n) is 9.33. The van der Waals surface area contributed by atoms with Gasteiger partial charge in [0.05, 0.1) is 13.4 Å². The molecule has 3 rings (SSSR count). The summed E-state index contributed by atoms with van der Waals surface area (Å²) in [7, 11) is 1.60. The Kier molecular flexibility index (Phi) is 6.73. The molecule has 1 fully saturated rings. The van der Waals surface area contributed by atoms with Gasteiger partial charge >= 0.3 is 6.03 Å². The Morgan fingerprint density at radius 1 is 1.21 bits per heavy atom. The number of rotatable bonds is 6. The van der Waals surface area contributed by atoms with E-state index < -0.39 is 0 Å². The fraction of sp³-hybridized carbons (Fsp3) is 0.333. The van der Waals surface area contributed by atoms with Gasteiger partial charge in [-0.05, 0) is 61.2 Å². The number of methoxy groups -OCH3 is 1. The second kappa shape index (κ2) is 9.64. The lowest BCUT2D eigenvalue weighted by atomic mass is 9.97. The fourth-order valence-corrected chi connectivity index (χ4v) is 3.09. The normalized spacial score (nSPS) is 14.8. The molecular weight excluding hydrogens is 358 g/mol. The van der Waals surface area contributed by atoms with Gasteiger partial charge in [-0.15, -0.1) is 0 Å². The summed E-state index contributed by atoms with van der Waals surface area (Å²) in [5.74, 6) is 1.75. The maximum atomic E-state index is 12.2. The summed E-state index contributed by atoms with van der Waals surface area (Å²) in [6.45, 7) is 1.97. The lowest BCUT2D eigenvalue weighted by Crippen LogP contribution is -2.41. The Morgan fingerprint density at radius 3 is 2.61 bits per heavy atom. The summed E-state index contributed by atoms with van der Waals surface area (Å²) in [5, 5.41) is 5.71. The number of nitrogens with zero attached hydrogens (tertiary/aromatic N) is 1. The van der Waals surface area contributed by atoms with Crippen LogP contribution in [-0.4, -0.2) is 43.6 Å². The van der Waals surface area contributed by atoms with Crippen LogP contribution in [0.5, 0.6) is 5.75 Å². The zero-order chi connectivity index (χ0) is 19.8. The van der Waals surface area contributed by atoms with Gasteiger partial charge < -0.3 is 24.7 Å². The first kappa shape index (κ1) is 19.5. The van der Waals surface area contributed by atoms with Crippen molar-refractivity contribution < 1.29 is 18.7 Å². The van der Waals surface area contributed by atoms with Crippen molar-refractivity contribution in [2.45, 2.75) is 12.8 Å². The number of likely N-dealkylation sites (tertiary alicyclic amines) is 1. The highest BCUT2D eigenvalue weighted by Crippen LogP contribution is 2.18. The summed E-state index contributed by atoms with van der Waals surface area (Å²) < 4.78 is 10.3. The third kappa shape index (κ3) is 5.64. The van der Waals surface area contributed by atoms with Crippen molar-refractivity contribution in [2.24, 2.45) is 5.92 Å². The minimum atomic E-state index is -0.231. The highest BCUT2D eigenvalue weighted by atomic mass is 16.5. The van der Waals surface area contributed by atoms with Gasteiger partial charge in [0.1, 0.15) is 11.5 Å². The van der Waals surface area contributed by atoms with Crippen LogP contribution in [0.15, 0.2) is 53.2 Å². The Hall–Kier alpha value is -3.22. The number of carbonyl (C=O) groups is 2. The molecule has 0 spiro atoms. The zero-order valence-electron chi connectivity index (χ0n) is 15.9. The van der Waals surface area contributed by atoms with E-state index in [1.807, 2.05) is 4.90 Å². The molecule has 0 unspecified atom stereocenters. The maximum Gasteiger partial charge on any atom is 0.319 e. The summed E-state index contributed by atoms with van der Waals surface area (Å²) >= 11 is 0. The molecule has 0 saturated carbocycles. The Morgan fingerprint density at radius 2 is 1.96 bits per heavy atom. The van der Waals surface area contributed by atoms with Gasteiger partial charge in [-0.25, -0.2) is 4.79 Å². The van der Waals surface area contributed by atoms with Crippen molar-refractivity contribution in [3.63, 3.8) is 0 Å². The van der Waals surface area contributed by atoms with E-state index in [4.69, 9.17) is 9.15 Å². The molecule has 2 N–H and O–H groups in total. The third-order valence-corrected chi connectivity index (χ3v) is 4.76. The van der Waals surface area contributed by atoms with Crippen molar-refractivity contribution in [2.75, 3.05) is 32.1 Å². The van der Waals surface area contributed by atoms with Gasteiger partial charge in [0.25, 0.3) is 0 Å². The van der Waals surface area contributed by atoms with Crippen molar-refractivity contribution in [3.8, 4) is 5.75 Å². The monoisotopic (exact) mass is 383 g/mol. The average molecular weight is 383 g/mol. The Labute approximate surface area is 164 Å². The van der Waals surface area contributed by atoms with Crippen LogP contribution >= 0.6 is 0 Å². The van der Waals surface area contributed by atoms with Crippen molar-refractivity contribution in [3.05, 3.63) is 54.5 Å². The molecule has 148 valence electrons. The molecule has 0 radical (unpaired) electrons. The van der Waals surface area contributed by atoms with E-state index in [9.17, 15) is 9.59 Å². The summed E-state index contributed by atoms with van der Waals surface area (Å²) in [4.78, 5) is 26.1. The molecular formula is C21H25N3O4. The van der Waals surface area contributed by atoms with Gasteiger partial charge in [-0.2, -0.15) is 0 Å². The molecule has 1 aromatic carbocycles. The number of urea groups is 1. The molecule has 0 atom stereocenters. The standard InChI is InChI=1S/C21H25N3O4/c1-27-18-6-4-17(5-7-18)23-21(26)22-15-16-10-12-24(13-11-16)20(25)9-8-19-3-2-14-28-19/h2-9,14,16H,10-13,15H2,1H3,(H2,22,23,26)/b9-8+. The van der Waals surface area contributed by atoms with Gasteiger partial charge in [0.2, 0.25) is 5.91 Å². The number of amides is 3. The first-order valence-corrected chi connectivity index (χ1v) is 9.33. The summed E-state index contributed by atoms with van der Waals surface area (Å²) in [5.41, 5.74) is 0.710. The smallest absolute Gasteiger partial charge is 0.319 e. The SMILES string of the molecule is COc1ccc(NC(=O)NCC2CCN(C(=O)/C=C/c3ccco3)CC2)cc1. The first-order chi connectivity index (χ1) is 13.6. The number of piperidine rings is 1. The minimum absolute atomic E-state index is 0.0138. The highest BCUT2D eigenvalue weighted by Gasteiger charge is 2.22. The van der Waals surface area contributed by atoms with Crippen molar-refractivity contribution >= 4 is 23.7 Å². The topological polar surface area (TPSA) is 83.8 Å².